The van der Waals surface area contributed by atoms with Gasteiger partial charge in [0.15, 0.2) is 5.88 Å². The van der Waals surface area contributed by atoms with E-state index in [9.17, 15) is 4.79 Å². The molecule has 0 radical (unpaired) electrons. The van der Waals surface area contributed by atoms with E-state index in [1.807, 2.05) is 37.2 Å². The number of rotatable bonds is 5. The molecule has 0 fully saturated rings. The highest BCUT2D eigenvalue weighted by atomic mass is 35.5. The summed E-state index contributed by atoms with van der Waals surface area (Å²) in [7, 11) is 3.77. The van der Waals surface area contributed by atoms with Crippen LogP contribution in [0.2, 0.25) is 5.02 Å². The molecule has 0 aliphatic rings. The third-order valence-electron chi connectivity index (χ3n) is 2.71. The summed E-state index contributed by atoms with van der Waals surface area (Å²) in [5, 5.41) is 4.51. The van der Waals surface area contributed by atoms with Crippen LogP contribution in [0.3, 0.4) is 0 Å². The molecule has 1 amide bonds. The second-order valence-corrected chi connectivity index (χ2v) is 5.10. The molecule has 2 rings (SSSR count). The lowest BCUT2D eigenvalue weighted by Gasteiger charge is -2.05. The largest absolute Gasteiger partial charge is 0.440 e. The van der Waals surface area contributed by atoms with Crippen molar-refractivity contribution < 1.29 is 9.21 Å². The van der Waals surface area contributed by atoms with Crippen molar-refractivity contribution in [1.82, 2.24) is 5.43 Å². The van der Waals surface area contributed by atoms with Crippen LogP contribution in [0.5, 0.6) is 0 Å². The van der Waals surface area contributed by atoms with Crippen LogP contribution in [0.1, 0.15) is 11.3 Å². The first kappa shape index (κ1) is 15.1. The second-order valence-electron chi connectivity index (χ2n) is 4.67. The van der Waals surface area contributed by atoms with Gasteiger partial charge in [-0.15, -0.1) is 0 Å². The maximum Gasteiger partial charge on any atom is 0.244 e. The van der Waals surface area contributed by atoms with Gasteiger partial charge in [-0.05, 0) is 23.8 Å². The van der Waals surface area contributed by atoms with E-state index >= 15 is 0 Å². The van der Waals surface area contributed by atoms with Gasteiger partial charge in [0.25, 0.3) is 0 Å². The van der Waals surface area contributed by atoms with E-state index < -0.39 is 0 Å². The molecule has 110 valence electrons. The summed E-state index contributed by atoms with van der Waals surface area (Å²) in [4.78, 5) is 13.5. The maximum atomic E-state index is 11.7. The summed E-state index contributed by atoms with van der Waals surface area (Å²) in [5.41, 5.74) is 3.33. The molecule has 1 aromatic carbocycles. The van der Waals surface area contributed by atoms with Crippen LogP contribution in [0, 0.1) is 0 Å². The monoisotopic (exact) mass is 305 g/mol. The highest BCUT2D eigenvalue weighted by Gasteiger charge is 2.03. The molecule has 5 nitrogen and oxygen atoms in total. The zero-order chi connectivity index (χ0) is 15.2. The Morgan fingerprint density at radius 3 is 2.62 bits per heavy atom. The lowest BCUT2D eigenvalue weighted by Crippen LogP contribution is -2.19. The Hall–Kier alpha value is -2.27. The van der Waals surface area contributed by atoms with E-state index in [2.05, 4.69) is 10.5 Å². The minimum atomic E-state index is -0.201. The summed E-state index contributed by atoms with van der Waals surface area (Å²) in [6.45, 7) is 0. The van der Waals surface area contributed by atoms with E-state index in [0.29, 0.717) is 10.8 Å². The zero-order valence-electron chi connectivity index (χ0n) is 11.8. The van der Waals surface area contributed by atoms with E-state index in [4.69, 9.17) is 16.0 Å². The first-order chi connectivity index (χ1) is 10.0. The number of halogens is 1. The summed E-state index contributed by atoms with van der Waals surface area (Å²) in [6.07, 6.45) is 1.71. The first-order valence-electron chi connectivity index (χ1n) is 6.38. The van der Waals surface area contributed by atoms with Gasteiger partial charge in [-0.2, -0.15) is 5.10 Å². The Labute approximate surface area is 128 Å². The standard InChI is InChI=1S/C15H16ClN3O2/c1-19(2)15-8-7-13(21-15)10-17-18-14(20)9-11-3-5-12(16)6-4-11/h3-8,10H,9H2,1-2H3,(H,18,20). The Balaban J connectivity index is 1.85. The molecule has 6 heteroatoms. The van der Waals surface area contributed by atoms with E-state index in [-0.39, 0.29) is 12.3 Å². The Bertz CT molecular complexity index is 633. The predicted molar refractivity (Wildman–Crippen MR) is 83.9 cm³/mol. The molecule has 0 saturated carbocycles. The summed E-state index contributed by atoms with van der Waals surface area (Å²) >= 11 is 5.79. The molecule has 1 N–H and O–H groups in total. The second kappa shape index (κ2) is 6.95. The lowest BCUT2D eigenvalue weighted by molar-refractivity contribution is -0.120. The number of furan rings is 1. The molecule has 0 aliphatic carbocycles. The van der Waals surface area contributed by atoms with Crippen molar-refractivity contribution in [1.29, 1.82) is 0 Å². The average molecular weight is 306 g/mol. The Morgan fingerprint density at radius 1 is 1.29 bits per heavy atom. The molecule has 0 bridgehead atoms. The van der Waals surface area contributed by atoms with Crippen LogP contribution < -0.4 is 10.3 Å². The smallest absolute Gasteiger partial charge is 0.244 e. The fraction of sp³-hybridized carbons (Fsp3) is 0.200. The van der Waals surface area contributed by atoms with Crippen molar-refractivity contribution in [3.05, 3.63) is 52.7 Å². The van der Waals surface area contributed by atoms with Crippen LogP contribution in [0.15, 0.2) is 45.9 Å². The van der Waals surface area contributed by atoms with Gasteiger partial charge in [-0.25, -0.2) is 5.43 Å². The van der Waals surface area contributed by atoms with Gasteiger partial charge in [0, 0.05) is 25.2 Å². The first-order valence-corrected chi connectivity index (χ1v) is 6.76. The van der Waals surface area contributed by atoms with E-state index in [0.717, 1.165) is 11.4 Å². The molecule has 0 saturated heterocycles. The molecule has 0 unspecified atom stereocenters. The van der Waals surface area contributed by atoms with Gasteiger partial charge in [-0.1, -0.05) is 23.7 Å². The van der Waals surface area contributed by atoms with Crippen LogP contribution in [0.25, 0.3) is 0 Å². The minimum absolute atomic E-state index is 0.201. The fourth-order valence-electron chi connectivity index (χ4n) is 1.65. The zero-order valence-corrected chi connectivity index (χ0v) is 12.6. The number of nitrogens with zero attached hydrogens (tertiary/aromatic N) is 2. The molecular weight excluding hydrogens is 290 g/mol. The molecule has 2 aromatic rings. The van der Waals surface area contributed by atoms with Gasteiger partial charge >= 0.3 is 0 Å². The van der Waals surface area contributed by atoms with Crippen LogP contribution >= 0.6 is 11.6 Å². The summed E-state index contributed by atoms with van der Waals surface area (Å²) < 4.78 is 5.47. The van der Waals surface area contributed by atoms with Gasteiger partial charge in [0.1, 0.15) is 5.76 Å². The number of hydrogen-bond donors (Lipinski definition) is 1. The van der Waals surface area contributed by atoms with Crippen LogP contribution in [-0.4, -0.2) is 26.2 Å². The number of benzene rings is 1. The van der Waals surface area contributed by atoms with Gasteiger partial charge < -0.3 is 9.32 Å². The van der Waals surface area contributed by atoms with Gasteiger partial charge in [-0.3, -0.25) is 4.79 Å². The summed E-state index contributed by atoms with van der Waals surface area (Å²) in [6, 6.07) is 10.7. The topological polar surface area (TPSA) is 57.8 Å². The lowest BCUT2D eigenvalue weighted by atomic mass is 10.1. The number of anilines is 1. The number of hydrogen-bond acceptors (Lipinski definition) is 4. The summed E-state index contributed by atoms with van der Waals surface area (Å²) in [5.74, 6) is 1.10. The molecule has 0 aliphatic heterocycles. The van der Waals surface area contributed by atoms with Crippen molar-refractivity contribution >= 4 is 29.6 Å². The Morgan fingerprint density at radius 2 is 2.00 bits per heavy atom. The Kier molecular flexibility index (Phi) is 5.00. The van der Waals surface area contributed by atoms with Gasteiger partial charge in [0.05, 0.1) is 12.6 Å². The molecule has 0 spiro atoms. The SMILES string of the molecule is CN(C)c1ccc(C=NNC(=O)Cc2ccc(Cl)cc2)o1. The predicted octanol–water partition coefficient (Wildman–Crippen LogP) is 2.69. The van der Waals surface area contributed by atoms with Crippen molar-refractivity contribution in [2.75, 3.05) is 19.0 Å². The minimum Gasteiger partial charge on any atom is -0.440 e. The third kappa shape index (κ3) is 4.65. The third-order valence-corrected chi connectivity index (χ3v) is 2.96. The molecule has 21 heavy (non-hydrogen) atoms. The number of nitrogens with one attached hydrogen (secondary N) is 1. The fourth-order valence-corrected chi connectivity index (χ4v) is 1.77. The van der Waals surface area contributed by atoms with Gasteiger partial charge in [0.2, 0.25) is 5.91 Å². The van der Waals surface area contributed by atoms with Crippen molar-refractivity contribution in [3.63, 3.8) is 0 Å². The highest BCUT2D eigenvalue weighted by molar-refractivity contribution is 6.30. The normalized spacial score (nSPS) is 10.8. The quantitative estimate of drug-likeness (QED) is 0.682. The number of carbonyl (C=O) groups is 1. The number of hydrazone groups is 1. The molecule has 0 atom stereocenters. The van der Waals surface area contributed by atoms with Crippen LogP contribution in [0.4, 0.5) is 5.88 Å². The van der Waals surface area contributed by atoms with Crippen molar-refractivity contribution in [2.24, 2.45) is 5.10 Å². The number of carbonyl (C=O) groups excluding carboxylic acids is 1. The maximum absolute atomic E-state index is 11.7. The molecular formula is C15H16ClN3O2. The van der Waals surface area contributed by atoms with Crippen LogP contribution in [-0.2, 0) is 11.2 Å². The number of amides is 1. The average Bonchev–Trinajstić information content (AvgIpc) is 2.90. The van der Waals surface area contributed by atoms with Crippen molar-refractivity contribution in [2.45, 2.75) is 6.42 Å². The highest BCUT2D eigenvalue weighted by Crippen LogP contribution is 2.14. The van der Waals surface area contributed by atoms with Crippen molar-refractivity contribution in [3.8, 4) is 0 Å². The molecule has 1 aromatic heterocycles. The van der Waals surface area contributed by atoms with E-state index in [1.54, 1.807) is 18.2 Å². The van der Waals surface area contributed by atoms with E-state index in [1.165, 1.54) is 6.21 Å². The molecule has 1 heterocycles.